The summed E-state index contributed by atoms with van der Waals surface area (Å²) in [5, 5.41) is 12.1. The number of carbonyl (C=O) groups is 2. The molecule has 0 aliphatic heterocycles. The van der Waals surface area contributed by atoms with Crippen LogP contribution in [0, 0.1) is 5.41 Å². The number of carbonyl (C=O) groups excluding carboxylic acids is 1. The fourth-order valence-corrected chi connectivity index (χ4v) is 3.58. The predicted octanol–water partition coefficient (Wildman–Crippen LogP) is 4.28. The monoisotopic (exact) mass is 363 g/mol. The fourth-order valence-electron chi connectivity index (χ4n) is 2.47. The Bertz CT molecular complexity index is 608. The van der Waals surface area contributed by atoms with E-state index < -0.39 is 29.5 Å². The van der Waals surface area contributed by atoms with Gasteiger partial charge in [-0.2, -0.15) is 0 Å². The number of amides is 1. The number of hydrogen-bond donors (Lipinski definition) is 2. The lowest BCUT2D eigenvalue weighted by molar-refractivity contribution is -0.157. The molecule has 1 amide bonds. The van der Waals surface area contributed by atoms with Gasteiger partial charge in [-0.05, 0) is 25.0 Å². The molecule has 2 N–H and O–H groups in total. The lowest BCUT2D eigenvalue weighted by Gasteiger charge is -2.36. The highest BCUT2D eigenvalue weighted by Gasteiger charge is 2.45. The van der Waals surface area contributed by atoms with Crippen molar-refractivity contribution in [2.75, 3.05) is 11.1 Å². The van der Waals surface area contributed by atoms with E-state index in [2.05, 4.69) is 5.32 Å². The van der Waals surface area contributed by atoms with Gasteiger partial charge in [0.2, 0.25) is 12.3 Å². The largest absolute Gasteiger partial charge is 0.481 e. The molecule has 2 rings (SSSR count). The average molecular weight is 364 g/mol. The highest BCUT2D eigenvalue weighted by atomic mass is 35.5. The summed E-state index contributed by atoms with van der Waals surface area (Å²) in [5.41, 5.74) is -0.674. The van der Waals surface area contributed by atoms with Crippen molar-refractivity contribution in [3.63, 3.8) is 0 Å². The Morgan fingerprint density at radius 3 is 2.61 bits per heavy atom. The zero-order valence-corrected chi connectivity index (χ0v) is 13.7. The van der Waals surface area contributed by atoms with Crippen LogP contribution in [0.5, 0.6) is 0 Å². The molecule has 4 nitrogen and oxygen atoms in total. The van der Waals surface area contributed by atoms with E-state index in [9.17, 15) is 23.5 Å². The number of rotatable bonds is 7. The van der Waals surface area contributed by atoms with Gasteiger partial charge < -0.3 is 10.4 Å². The lowest BCUT2D eigenvalue weighted by atomic mass is 9.66. The number of carboxylic acids is 1. The third-order valence-electron chi connectivity index (χ3n) is 3.86. The van der Waals surface area contributed by atoms with Crippen LogP contribution in [0.4, 0.5) is 14.5 Å². The molecular weight excluding hydrogens is 348 g/mol. The van der Waals surface area contributed by atoms with Crippen LogP contribution < -0.4 is 5.32 Å². The Labute approximate surface area is 141 Å². The molecule has 1 aromatic rings. The minimum absolute atomic E-state index is 0.131. The molecule has 0 heterocycles. The third-order valence-corrected chi connectivity index (χ3v) is 5.43. The van der Waals surface area contributed by atoms with E-state index in [-0.39, 0.29) is 11.4 Å². The molecule has 1 fully saturated rings. The topological polar surface area (TPSA) is 66.4 Å². The molecule has 0 unspecified atom stereocenters. The second kappa shape index (κ2) is 7.49. The van der Waals surface area contributed by atoms with Gasteiger partial charge in [0.25, 0.3) is 0 Å². The van der Waals surface area contributed by atoms with Gasteiger partial charge >= 0.3 is 5.97 Å². The molecule has 0 spiro atoms. The summed E-state index contributed by atoms with van der Waals surface area (Å²) in [7, 11) is 0. The molecule has 0 aromatic heterocycles. The Morgan fingerprint density at radius 1 is 1.39 bits per heavy atom. The van der Waals surface area contributed by atoms with Crippen molar-refractivity contribution in [1.82, 2.24) is 0 Å². The average Bonchev–Trinajstić information content (AvgIpc) is 2.41. The van der Waals surface area contributed by atoms with Gasteiger partial charge in [-0.3, -0.25) is 9.59 Å². The van der Waals surface area contributed by atoms with E-state index in [1.54, 1.807) is 18.2 Å². The van der Waals surface area contributed by atoms with E-state index in [4.69, 9.17) is 11.6 Å². The van der Waals surface area contributed by atoms with Crippen molar-refractivity contribution in [2.24, 2.45) is 5.41 Å². The second-order valence-electron chi connectivity index (χ2n) is 5.48. The van der Waals surface area contributed by atoms with Gasteiger partial charge in [-0.25, -0.2) is 8.78 Å². The van der Waals surface area contributed by atoms with Gasteiger partial charge in [0.15, 0.2) is 0 Å². The van der Waals surface area contributed by atoms with Crippen LogP contribution >= 0.6 is 23.4 Å². The molecule has 1 saturated carbocycles. The SMILES string of the molecule is O=C(CC1(C(=O)O)CCC1)Nc1cccc(Cl)c1SCC(F)F. The number of carboxylic acid groups (broad SMARTS) is 1. The number of alkyl halides is 2. The normalized spacial score (nSPS) is 16.0. The molecule has 1 aromatic carbocycles. The summed E-state index contributed by atoms with van der Waals surface area (Å²) in [5.74, 6) is -1.86. The van der Waals surface area contributed by atoms with Crippen LogP contribution in [0.3, 0.4) is 0 Å². The molecule has 8 heteroatoms. The maximum atomic E-state index is 12.4. The first-order chi connectivity index (χ1) is 10.8. The maximum absolute atomic E-state index is 12.4. The Hall–Kier alpha value is -1.34. The lowest BCUT2D eigenvalue weighted by Crippen LogP contribution is -2.41. The molecular formula is C15H16ClF2NO3S. The Morgan fingerprint density at radius 2 is 2.09 bits per heavy atom. The molecule has 1 aliphatic carbocycles. The number of thioether (sulfide) groups is 1. The first-order valence-electron chi connectivity index (χ1n) is 7.07. The second-order valence-corrected chi connectivity index (χ2v) is 6.92. The molecule has 0 saturated heterocycles. The summed E-state index contributed by atoms with van der Waals surface area (Å²) in [4.78, 5) is 23.8. The van der Waals surface area contributed by atoms with E-state index in [1.807, 2.05) is 0 Å². The van der Waals surface area contributed by atoms with Gasteiger partial charge in [0.1, 0.15) is 0 Å². The minimum atomic E-state index is -2.50. The Kier molecular flexibility index (Phi) is 5.86. The number of nitrogens with one attached hydrogen (secondary N) is 1. The zero-order valence-electron chi connectivity index (χ0n) is 12.2. The zero-order chi connectivity index (χ0) is 17.0. The van der Waals surface area contributed by atoms with Gasteiger partial charge in [0, 0.05) is 11.3 Å². The number of hydrogen-bond acceptors (Lipinski definition) is 3. The van der Waals surface area contributed by atoms with Crippen LogP contribution in [-0.2, 0) is 9.59 Å². The van der Waals surface area contributed by atoms with E-state index >= 15 is 0 Å². The number of anilines is 1. The molecule has 0 atom stereocenters. The van der Waals surface area contributed by atoms with Gasteiger partial charge in [0.05, 0.1) is 21.9 Å². The maximum Gasteiger partial charge on any atom is 0.310 e. The van der Waals surface area contributed by atoms with Gasteiger partial charge in [-0.15, -0.1) is 11.8 Å². The minimum Gasteiger partial charge on any atom is -0.481 e. The summed E-state index contributed by atoms with van der Waals surface area (Å²) in [6.07, 6.45) is -0.901. The van der Waals surface area contributed by atoms with Crippen molar-refractivity contribution >= 4 is 40.9 Å². The highest BCUT2D eigenvalue weighted by molar-refractivity contribution is 7.99. The van der Waals surface area contributed by atoms with Crippen molar-refractivity contribution in [3.8, 4) is 0 Å². The summed E-state index contributed by atoms with van der Waals surface area (Å²) in [6.45, 7) is 0. The molecule has 0 bridgehead atoms. The number of benzene rings is 1. The molecule has 126 valence electrons. The fraction of sp³-hybridized carbons (Fsp3) is 0.467. The van der Waals surface area contributed by atoms with Gasteiger partial charge in [-0.1, -0.05) is 24.1 Å². The standard InChI is InChI=1S/C15H16ClF2NO3S/c16-9-3-1-4-10(13(9)23-8-11(17)18)19-12(20)7-15(14(21)22)5-2-6-15/h1,3-4,11H,2,5-8H2,(H,19,20)(H,21,22). The molecule has 1 aliphatic rings. The smallest absolute Gasteiger partial charge is 0.310 e. The molecule has 23 heavy (non-hydrogen) atoms. The number of aliphatic carboxylic acids is 1. The van der Waals surface area contributed by atoms with Crippen LogP contribution in [0.15, 0.2) is 23.1 Å². The van der Waals surface area contributed by atoms with Crippen LogP contribution in [0.1, 0.15) is 25.7 Å². The summed E-state index contributed by atoms with van der Waals surface area (Å²) in [6, 6.07) is 4.71. The predicted molar refractivity (Wildman–Crippen MR) is 85.3 cm³/mol. The number of halogens is 3. The summed E-state index contributed by atoms with van der Waals surface area (Å²) < 4.78 is 24.8. The van der Waals surface area contributed by atoms with E-state index in [0.29, 0.717) is 23.4 Å². The quantitative estimate of drug-likeness (QED) is 0.709. The van der Waals surface area contributed by atoms with Crippen molar-refractivity contribution in [2.45, 2.75) is 37.0 Å². The van der Waals surface area contributed by atoms with E-state index in [1.165, 1.54) is 0 Å². The highest BCUT2D eigenvalue weighted by Crippen LogP contribution is 2.44. The summed E-state index contributed by atoms with van der Waals surface area (Å²) >= 11 is 6.86. The first-order valence-corrected chi connectivity index (χ1v) is 8.43. The first kappa shape index (κ1) is 18.0. The van der Waals surface area contributed by atoms with Crippen molar-refractivity contribution in [3.05, 3.63) is 23.2 Å². The Balaban J connectivity index is 2.08. The van der Waals surface area contributed by atoms with Crippen LogP contribution in [-0.4, -0.2) is 29.2 Å². The van der Waals surface area contributed by atoms with Crippen molar-refractivity contribution < 1.29 is 23.5 Å². The van der Waals surface area contributed by atoms with Crippen molar-refractivity contribution in [1.29, 1.82) is 0 Å². The molecule has 0 radical (unpaired) electrons. The van der Waals surface area contributed by atoms with Crippen LogP contribution in [0.25, 0.3) is 0 Å². The van der Waals surface area contributed by atoms with E-state index in [0.717, 1.165) is 18.2 Å². The third kappa shape index (κ3) is 4.35. The van der Waals surface area contributed by atoms with Crippen LogP contribution in [0.2, 0.25) is 5.02 Å².